The minimum atomic E-state index is 0.219. The molecule has 0 amide bonds. The minimum absolute atomic E-state index is 0.219. The van der Waals surface area contributed by atoms with E-state index >= 15 is 0 Å². The Kier molecular flexibility index (Phi) is 6.77. The molecule has 2 heteroatoms. The quantitative estimate of drug-likeness (QED) is 0.160. The zero-order valence-electron chi connectivity index (χ0n) is 20.3. The van der Waals surface area contributed by atoms with Gasteiger partial charge in [-0.3, -0.25) is 0 Å². The van der Waals surface area contributed by atoms with Gasteiger partial charge < -0.3 is 0 Å². The fourth-order valence-corrected chi connectivity index (χ4v) is 6.76. The van der Waals surface area contributed by atoms with Crippen LogP contribution in [-0.4, -0.2) is 15.0 Å². The Morgan fingerprint density at radius 1 is 0.459 bits per heavy atom. The van der Waals surface area contributed by atoms with Gasteiger partial charge in [-0.25, -0.2) is 0 Å². The Bertz CT molecular complexity index is 1480. The number of hydrogen-bond donors (Lipinski definition) is 0. The Balaban J connectivity index is 1.49. The molecule has 176 valence electrons. The molecule has 1 aliphatic rings. The van der Waals surface area contributed by atoms with Crippen molar-refractivity contribution in [2.45, 2.75) is 0 Å². The molecule has 37 heavy (non-hydrogen) atoms. The molecule has 1 aliphatic heterocycles. The molecule has 0 unspecified atom stereocenters. The van der Waals surface area contributed by atoms with Crippen LogP contribution in [0.2, 0.25) is 0 Å². The standard InChI is InChI=1S/C35H25OSe/c1-5-13-28(14-6-1)32-22-26(23-33(36-32)29-15-7-2-8-16-29)21-27-24-34(30-17-9-3-10-18-30)37-35(25-27)31-19-11-4-12-20-31/h1-25H/q+1. The van der Waals surface area contributed by atoms with Gasteiger partial charge in [0.2, 0.25) is 0 Å². The molecule has 6 rings (SSSR count). The van der Waals surface area contributed by atoms with Crippen molar-refractivity contribution in [1.82, 2.24) is 0 Å². The van der Waals surface area contributed by atoms with Crippen LogP contribution in [0.3, 0.4) is 0 Å². The van der Waals surface area contributed by atoms with Crippen molar-refractivity contribution >= 4 is 30.0 Å². The maximum absolute atomic E-state index is 6.40. The predicted molar refractivity (Wildman–Crippen MR) is 157 cm³/mol. The van der Waals surface area contributed by atoms with Crippen LogP contribution in [0.5, 0.6) is 0 Å². The molecule has 0 saturated heterocycles. The normalized spacial score (nSPS) is 13.0. The second-order valence-corrected chi connectivity index (χ2v) is 11.1. The van der Waals surface area contributed by atoms with Crippen molar-refractivity contribution in [3.05, 3.63) is 168 Å². The van der Waals surface area contributed by atoms with Crippen LogP contribution in [0.25, 0.3) is 37.7 Å². The van der Waals surface area contributed by atoms with Crippen LogP contribution in [-0.2, 0) is 0 Å². The van der Waals surface area contributed by atoms with E-state index < -0.39 is 0 Å². The molecule has 2 heterocycles. The van der Waals surface area contributed by atoms with E-state index in [0.29, 0.717) is 0 Å². The van der Waals surface area contributed by atoms with Crippen molar-refractivity contribution in [2.75, 3.05) is 0 Å². The van der Waals surface area contributed by atoms with Crippen LogP contribution < -0.4 is 0 Å². The molecule has 0 fully saturated rings. The Morgan fingerprint density at radius 3 is 1.24 bits per heavy atom. The first-order valence-corrected chi connectivity index (χ1v) is 14.1. The van der Waals surface area contributed by atoms with Gasteiger partial charge in [-0.05, 0) is 0 Å². The third kappa shape index (κ3) is 5.47. The molecule has 5 aromatic rings. The second-order valence-electron chi connectivity index (χ2n) is 8.85. The summed E-state index contributed by atoms with van der Waals surface area (Å²) in [6.07, 6.45) is 6.96. The van der Waals surface area contributed by atoms with Crippen molar-refractivity contribution in [1.29, 1.82) is 0 Å². The molecule has 0 bridgehead atoms. The molecule has 0 aliphatic carbocycles. The van der Waals surface area contributed by atoms with E-state index in [1.807, 2.05) is 36.4 Å². The summed E-state index contributed by atoms with van der Waals surface area (Å²) in [6.45, 7) is 0. The number of rotatable bonds is 5. The predicted octanol–water partition coefficient (Wildman–Crippen LogP) is 9.08. The van der Waals surface area contributed by atoms with Crippen LogP contribution >= 0.6 is 0 Å². The molecular formula is C35H25OSe+. The first kappa shape index (κ1) is 23.2. The van der Waals surface area contributed by atoms with E-state index in [4.69, 9.17) is 4.42 Å². The van der Waals surface area contributed by atoms with Crippen LogP contribution in [0.15, 0.2) is 156 Å². The second kappa shape index (κ2) is 10.8. The fourth-order valence-electron chi connectivity index (χ4n) is 4.38. The van der Waals surface area contributed by atoms with Crippen molar-refractivity contribution in [2.24, 2.45) is 0 Å². The molecule has 0 N–H and O–H groups in total. The van der Waals surface area contributed by atoms with E-state index in [1.54, 1.807) is 0 Å². The number of allylic oxidation sites excluding steroid dienone is 3. The molecule has 0 spiro atoms. The third-order valence-corrected chi connectivity index (χ3v) is 8.60. The summed E-state index contributed by atoms with van der Waals surface area (Å²) in [5.41, 5.74) is 7.00. The molecule has 0 radical (unpaired) electrons. The summed E-state index contributed by atoms with van der Waals surface area (Å²) >= 11 is 0.219. The number of hydrogen-bond acceptors (Lipinski definition) is 0. The summed E-state index contributed by atoms with van der Waals surface area (Å²) in [7, 11) is 0. The Hall–Kier alpha value is -4.23. The maximum atomic E-state index is 6.40. The average molecular weight is 541 g/mol. The monoisotopic (exact) mass is 541 g/mol. The molecular weight excluding hydrogens is 515 g/mol. The van der Waals surface area contributed by atoms with E-state index in [-0.39, 0.29) is 15.0 Å². The Morgan fingerprint density at radius 2 is 0.838 bits per heavy atom. The molecule has 0 atom stereocenters. The van der Waals surface area contributed by atoms with Gasteiger partial charge >= 0.3 is 225 Å². The molecule has 4 aromatic carbocycles. The van der Waals surface area contributed by atoms with Crippen molar-refractivity contribution < 1.29 is 4.42 Å². The van der Waals surface area contributed by atoms with Gasteiger partial charge in [-0.15, -0.1) is 0 Å². The van der Waals surface area contributed by atoms with Crippen LogP contribution in [0.4, 0.5) is 0 Å². The van der Waals surface area contributed by atoms with Gasteiger partial charge in [-0.2, -0.15) is 0 Å². The molecule has 1 nitrogen and oxygen atoms in total. The van der Waals surface area contributed by atoms with Gasteiger partial charge in [0.25, 0.3) is 0 Å². The number of benzene rings is 4. The summed E-state index contributed by atoms with van der Waals surface area (Å²) in [5, 5.41) is 0. The molecule has 0 saturated carbocycles. The average Bonchev–Trinajstić information content (AvgIpc) is 2.99. The summed E-state index contributed by atoms with van der Waals surface area (Å²) < 4.78 is 9.17. The van der Waals surface area contributed by atoms with E-state index in [9.17, 15) is 0 Å². The first-order chi connectivity index (χ1) is 18.3. The SMILES string of the molecule is C(=C1C=C(c2ccccc2)[Se]C(c2ccccc2)=C1)c1cc(-c2ccccc2)[o+]c(-c2ccccc2)c1. The summed E-state index contributed by atoms with van der Waals surface area (Å²) in [6, 6.07) is 46.4. The topological polar surface area (TPSA) is 11.3 Å². The summed E-state index contributed by atoms with van der Waals surface area (Å²) in [5.74, 6) is 1.71. The van der Waals surface area contributed by atoms with E-state index in [2.05, 4.69) is 115 Å². The zero-order valence-corrected chi connectivity index (χ0v) is 22.0. The van der Waals surface area contributed by atoms with Gasteiger partial charge in [-0.1, -0.05) is 0 Å². The molecule has 1 aromatic heterocycles. The first-order valence-electron chi connectivity index (χ1n) is 12.3. The van der Waals surface area contributed by atoms with Crippen molar-refractivity contribution in [3.63, 3.8) is 0 Å². The van der Waals surface area contributed by atoms with Gasteiger partial charge in [0.1, 0.15) is 0 Å². The van der Waals surface area contributed by atoms with Crippen molar-refractivity contribution in [3.8, 4) is 22.6 Å². The van der Waals surface area contributed by atoms with E-state index in [1.165, 1.54) is 25.6 Å². The Labute approximate surface area is 224 Å². The fraction of sp³-hybridized carbons (Fsp3) is 0. The third-order valence-electron chi connectivity index (χ3n) is 6.20. The van der Waals surface area contributed by atoms with Gasteiger partial charge in [0.05, 0.1) is 0 Å². The zero-order chi connectivity index (χ0) is 24.9. The van der Waals surface area contributed by atoms with Gasteiger partial charge in [0, 0.05) is 0 Å². The van der Waals surface area contributed by atoms with Crippen LogP contribution in [0, 0.1) is 0 Å². The van der Waals surface area contributed by atoms with E-state index in [0.717, 1.165) is 28.2 Å². The van der Waals surface area contributed by atoms with Crippen LogP contribution in [0.1, 0.15) is 16.7 Å². The van der Waals surface area contributed by atoms with Gasteiger partial charge in [0.15, 0.2) is 0 Å². The summed E-state index contributed by atoms with van der Waals surface area (Å²) in [4.78, 5) is 0.